The number of carbonyl (C=O) groups is 1. The van der Waals surface area contributed by atoms with Crippen LogP contribution in [0.2, 0.25) is 5.02 Å². The Morgan fingerprint density at radius 1 is 1.43 bits per heavy atom. The lowest BCUT2D eigenvalue weighted by molar-refractivity contribution is -0.140. The van der Waals surface area contributed by atoms with E-state index in [2.05, 4.69) is 15.3 Å². The first-order valence-corrected chi connectivity index (χ1v) is 10.3. The van der Waals surface area contributed by atoms with Gasteiger partial charge < -0.3 is 15.2 Å². The maximum atomic E-state index is 11.3. The summed E-state index contributed by atoms with van der Waals surface area (Å²) in [5, 5.41) is 13.1. The molecule has 2 aromatic rings. The summed E-state index contributed by atoms with van der Waals surface area (Å²) in [5.41, 5.74) is 2.66. The second-order valence-corrected chi connectivity index (χ2v) is 8.42. The molecule has 0 amide bonds. The van der Waals surface area contributed by atoms with Gasteiger partial charge in [0.1, 0.15) is 6.04 Å². The molecule has 9 heteroatoms. The average molecular weight is 421 g/mol. The van der Waals surface area contributed by atoms with Gasteiger partial charge in [-0.2, -0.15) is 0 Å². The van der Waals surface area contributed by atoms with E-state index in [1.54, 1.807) is 13.1 Å². The molecular formula is C19H21ClN4O3S. The second-order valence-electron chi connectivity index (χ2n) is 6.92. The van der Waals surface area contributed by atoms with Crippen molar-refractivity contribution in [1.82, 2.24) is 14.3 Å². The van der Waals surface area contributed by atoms with Gasteiger partial charge in [-0.3, -0.25) is 4.79 Å². The summed E-state index contributed by atoms with van der Waals surface area (Å²) in [6, 6.07) is 5.74. The third kappa shape index (κ3) is 4.10. The van der Waals surface area contributed by atoms with Gasteiger partial charge in [-0.05, 0) is 43.3 Å². The van der Waals surface area contributed by atoms with E-state index in [-0.39, 0.29) is 0 Å². The first-order valence-electron chi connectivity index (χ1n) is 9.19. The molecule has 1 aromatic carbocycles. The Bertz CT molecular complexity index is 891. The number of nitrogens with one attached hydrogen (secondary N) is 1. The van der Waals surface area contributed by atoms with Crippen molar-refractivity contribution in [2.24, 2.45) is 0 Å². The smallest absolute Gasteiger partial charge is 0.321 e. The lowest BCUT2D eigenvalue weighted by Gasteiger charge is -2.23. The molecule has 0 saturated carbocycles. The molecule has 0 aliphatic carbocycles. The SMILES string of the molecule is C[C@H](C(=O)O)N1Cc2ccc(-c3nc(NC4CCOCC4)ncc3Cl)cc2S1. The van der Waals surface area contributed by atoms with Crippen LogP contribution in [0.1, 0.15) is 25.3 Å². The summed E-state index contributed by atoms with van der Waals surface area (Å²) in [7, 11) is 0. The Morgan fingerprint density at radius 3 is 2.96 bits per heavy atom. The summed E-state index contributed by atoms with van der Waals surface area (Å²) in [6.45, 7) is 3.77. The molecule has 7 nitrogen and oxygen atoms in total. The molecule has 0 bridgehead atoms. The van der Waals surface area contributed by atoms with Crippen LogP contribution in [0.25, 0.3) is 11.3 Å². The number of anilines is 1. The van der Waals surface area contributed by atoms with Gasteiger partial charge in [0.2, 0.25) is 5.95 Å². The van der Waals surface area contributed by atoms with Crippen LogP contribution >= 0.6 is 23.5 Å². The number of carboxylic acid groups (broad SMARTS) is 1. The average Bonchev–Trinajstić information content (AvgIpc) is 3.12. The molecule has 3 heterocycles. The van der Waals surface area contributed by atoms with Crippen LogP contribution in [-0.2, 0) is 16.1 Å². The van der Waals surface area contributed by atoms with E-state index in [1.165, 1.54) is 11.9 Å². The molecule has 2 aliphatic heterocycles. The number of halogens is 1. The van der Waals surface area contributed by atoms with E-state index >= 15 is 0 Å². The van der Waals surface area contributed by atoms with Crippen molar-refractivity contribution >= 4 is 35.5 Å². The molecule has 0 radical (unpaired) electrons. The van der Waals surface area contributed by atoms with Gasteiger partial charge in [0, 0.05) is 36.3 Å². The summed E-state index contributed by atoms with van der Waals surface area (Å²) in [4.78, 5) is 21.2. The minimum Gasteiger partial charge on any atom is -0.480 e. The molecule has 1 aromatic heterocycles. The fourth-order valence-electron chi connectivity index (χ4n) is 3.25. The number of benzene rings is 1. The van der Waals surface area contributed by atoms with Crippen molar-refractivity contribution in [2.45, 2.75) is 43.3 Å². The van der Waals surface area contributed by atoms with Gasteiger partial charge in [0.15, 0.2) is 0 Å². The molecule has 4 rings (SSSR count). The van der Waals surface area contributed by atoms with Crippen LogP contribution in [0.5, 0.6) is 0 Å². The maximum absolute atomic E-state index is 11.3. The number of hydrogen-bond donors (Lipinski definition) is 2. The molecule has 2 N–H and O–H groups in total. The first kappa shape index (κ1) is 19.4. The predicted molar refractivity (Wildman–Crippen MR) is 108 cm³/mol. The lowest BCUT2D eigenvalue weighted by Crippen LogP contribution is -2.31. The Labute approximate surface area is 172 Å². The molecule has 1 fully saturated rings. The summed E-state index contributed by atoms with van der Waals surface area (Å²) < 4.78 is 7.25. The molecular weight excluding hydrogens is 400 g/mol. The highest BCUT2D eigenvalue weighted by Crippen LogP contribution is 2.40. The minimum atomic E-state index is -0.830. The predicted octanol–water partition coefficient (Wildman–Crippen LogP) is 3.68. The number of nitrogens with zero attached hydrogens (tertiary/aromatic N) is 3. The Kier molecular flexibility index (Phi) is 5.73. The van der Waals surface area contributed by atoms with Gasteiger partial charge in [0.25, 0.3) is 0 Å². The fourth-order valence-corrected chi connectivity index (χ4v) is 4.58. The van der Waals surface area contributed by atoms with Crippen LogP contribution < -0.4 is 5.32 Å². The van der Waals surface area contributed by atoms with Crippen molar-refractivity contribution in [1.29, 1.82) is 0 Å². The number of hydrogen-bond acceptors (Lipinski definition) is 7. The number of aromatic nitrogens is 2. The zero-order valence-corrected chi connectivity index (χ0v) is 17.0. The van der Waals surface area contributed by atoms with E-state index in [9.17, 15) is 9.90 Å². The van der Waals surface area contributed by atoms with Crippen LogP contribution in [-0.4, -0.2) is 50.6 Å². The normalized spacial score (nSPS) is 18.6. The van der Waals surface area contributed by atoms with Crippen molar-refractivity contribution in [2.75, 3.05) is 18.5 Å². The molecule has 2 aliphatic rings. The van der Waals surface area contributed by atoms with E-state index in [0.717, 1.165) is 42.1 Å². The van der Waals surface area contributed by atoms with Gasteiger partial charge >= 0.3 is 5.97 Å². The monoisotopic (exact) mass is 420 g/mol. The van der Waals surface area contributed by atoms with Gasteiger partial charge in [-0.15, -0.1) is 0 Å². The maximum Gasteiger partial charge on any atom is 0.321 e. The van der Waals surface area contributed by atoms with Gasteiger partial charge in [0.05, 0.1) is 16.9 Å². The third-order valence-corrected chi connectivity index (χ3v) is 6.50. The topological polar surface area (TPSA) is 87.6 Å². The largest absolute Gasteiger partial charge is 0.480 e. The van der Waals surface area contributed by atoms with Crippen molar-refractivity contribution < 1.29 is 14.6 Å². The zero-order chi connectivity index (χ0) is 19.7. The fraction of sp³-hybridized carbons (Fsp3) is 0.421. The number of ether oxygens (including phenoxy) is 1. The molecule has 28 heavy (non-hydrogen) atoms. The number of carboxylic acids is 1. The van der Waals surface area contributed by atoms with E-state index in [1.807, 2.05) is 22.5 Å². The van der Waals surface area contributed by atoms with Crippen molar-refractivity contribution in [3.05, 3.63) is 35.0 Å². The van der Waals surface area contributed by atoms with Crippen LogP contribution in [0.15, 0.2) is 29.3 Å². The summed E-state index contributed by atoms with van der Waals surface area (Å²) in [5.74, 6) is -0.274. The molecule has 148 valence electrons. The zero-order valence-electron chi connectivity index (χ0n) is 15.4. The van der Waals surface area contributed by atoms with Crippen molar-refractivity contribution in [3.63, 3.8) is 0 Å². The van der Waals surface area contributed by atoms with Crippen molar-refractivity contribution in [3.8, 4) is 11.3 Å². The standard InChI is InChI=1S/C19H21ClN4O3S/c1-11(18(25)26)24-10-13-3-2-12(8-16(13)28-24)17-15(20)9-21-19(23-17)22-14-4-6-27-7-5-14/h2-3,8-9,11,14H,4-7,10H2,1H3,(H,25,26)(H,21,22,23)/t11-/m1/s1. The third-order valence-electron chi connectivity index (χ3n) is 4.97. The number of aliphatic carboxylic acids is 1. The van der Waals surface area contributed by atoms with Crippen LogP contribution in [0.3, 0.4) is 0 Å². The number of fused-ring (bicyclic) bond motifs is 1. The Balaban J connectivity index is 1.56. The highest BCUT2D eigenvalue weighted by atomic mass is 35.5. The minimum absolute atomic E-state index is 0.296. The van der Waals surface area contributed by atoms with E-state index < -0.39 is 12.0 Å². The number of rotatable bonds is 5. The van der Waals surface area contributed by atoms with E-state index in [0.29, 0.717) is 29.3 Å². The second kappa shape index (κ2) is 8.24. The summed E-state index contributed by atoms with van der Waals surface area (Å²) >= 11 is 7.83. The van der Waals surface area contributed by atoms with Crippen LogP contribution in [0, 0.1) is 0 Å². The molecule has 0 spiro atoms. The van der Waals surface area contributed by atoms with Gasteiger partial charge in [-0.1, -0.05) is 23.7 Å². The Hall–Kier alpha value is -1.87. The van der Waals surface area contributed by atoms with Gasteiger partial charge in [-0.25, -0.2) is 14.3 Å². The molecule has 0 unspecified atom stereocenters. The van der Waals surface area contributed by atoms with E-state index in [4.69, 9.17) is 16.3 Å². The molecule has 1 saturated heterocycles. The quantitative estimate of drug-likeness (QED) is 0.708. The first-order chi connectivity index (χ1) is 13.5. The Morgan fingerprint density at radius 2 is 2.21 bits per heavy atom. The van der Waals surface area contributed by atoms with Crippen LogP contribution in [0.4, 0.5) is 5.95 Å². The molecule has 1 atom stereocenters. The lowest BCUT2D eigenvalue weighted by atomic mass is 10.1. The highest BCUT2D eigenvalue weighted by molar-refractivity contribution is 7.97. The summed E-state index contributed by atoms with van der Waals surface area (Å²) in [6.07, 6.45) is 3.47. The highest BCUT2D eigenvalue weighted by Gasteiger charge is 2.29.